The molecule has 0 aliphatic carbocycles. The van der Waals surface area contributed by atoms with Crippen molar-refractivity contribution in [2.75, 3.05) is 20.1 Å². The Labute approximate surface area is 102 Å². The van der Waals surface area contributed by atoms with Crippen LogP contribution in [-0.4, -0.2) is 53.6 Å². The summed E-state index contributed by atoms with van der Waals surface area (Å²) in [5, 5.41) is 7.93. The van der Waals surface area contributed by atoms with Gasteiger partial charge < -0.3 is 9.80 Å². The number of nitrogens with zero attached hydrogens (tertiary/aromatic N) is 4. The van der Waals surface area contributed by atoms with Crippen molar-refractivity contribution < 1.29 is 4.79 Å². The molecule has 2 fully saturated rings. The molecule has 17 heavy (non-hydrogen) atoms. The van der Waals surface area contributed by atoms with Gasteiger partial charge in [0.2, 0.25) is 5.91 Å². The lowest BCUT2D eigenvalue weighted by atomic mass is 10.1. The Bertz CT molecular complexity index is 348. The highest BCUT2D eigenvalue weighted by atomic mass is 16.2. The van der Waals surface area contributed by atoms with Crippen LogP contribution in [0.1, 0.15) is 32.6 Å². The van der Waals surface area contributed by atoms with Gasteiger partial charge in [0.15, 0.2) is 5.66 Å². The van der Waals surface area contributed by atoms with Gasteiger partial charge in [-0.1, -0.05) is 0 Å². The van der Waals surface area contributed by atoms with Gasteiger partial charge in [-0.3, -0.25) is 4.79 Å². The van der Waals surface area contributed by atoms with E-state index in [9.17, 15) is 4.79 Å². The first-order chi connectivity index (χ1) is 8.07. The predicted octanol–water partition coefficient (Wildman–Crippen LogP) is 1.25. The van der Waals surface area contributed by atoms with Crippen LogP contribution in [0.25, 0.3) is 0 Å². The summed E-state index contributed by atoms with van der Waals surface area (Å²) in [6, 6.07) is 0.902. The Balaban J connectivity index is 1.58. The minimum atomic E-state index is -0.235. The van der Waals surface area contributed by atoms with Crippen LogP contribution in [0.3, 0.4) is 0 Å². The highest BCUT2D eigenvalue weighted by Gasteiger charge is 2.42. The maximum Gasteiger partial charge on any atom is 0.223 e. The highest BCUT2D eigenvalue weighted by molar-refractivity contribution is 5.77. The molecule has 0 aromatic rings. The summed E-state index contributed by atoms with van der Waals surface area (Å²) in [5.74, 6) is 0.309. The van der Waals surface area contributed by atoms with Gasteiger partial charge in [-0.2, -0.15) is 10.2 Å². The molecule has 0 aromatic carbocycles. The van der Waals surface area contributed by atoms with E-state index >= 15 is 0 Å². The Kier molecular flexibility index (Phi) is 2.47. The van der Waals surface area contributed by atoms with Gasteiger partial charge in [0, 0.05) is 38.0 Å². The summed E-state index contributed by atoms with van der Waals surface area (Å²) < 4.78 is 0. The first kappa shape index (κ1) is 11.1. The van der Waals surface area contributed by atoms with Crippen molar-refractivity contribution in [1.82, 2.24) is 9.80 Å². The van der Waals surface area contributed by atoms with Crippen LogP contribution in [0.15, 0.2) is 10.2 Å². The lowest BCUT2D eigenvalue weighted by Crippen LogP contribution is -2.54. The second-order valence-corrected chi connectivity index (χ2v) is 5.82. The molecule has 2 unspecified atom stereocenters. The fourth-order valence-corrected chi connectivity index (χ4v) is 3.18. The second-order valence-electron chi connectivity index (χ2n) is 5.82. The van der Waals surface area contributed by atoms with Crippen LogP contribution in [0.2, 0.25) is 0 Å². The third kappa shape index (κ3) is 2.08. The van der Waals surface area contributed by atoms with E-state index in [1.165, 1.54) is 12.8 Å². The molecule has 0 aromatic heterocycles. The van der Waals surface area contributed by atoms with E-state index in [4.69, 9.17) is 0 Å². The number of likely N-dealkylation sites (tertiary alicyclic amines) is 1. The van der Waals surface area contributed by atoms with Gasteiger partial charge in [-0.05, 0) is 26.8 Å². The van der Waals surface area contributed by atoms with Crippen molar-refractivity contribution in [3.8, 4) is 0 Å². The standard InChI is InChI=1S/C12H20N4O/c1-12(13-14-12)6-5-11(17)16-9-3-4-10(16)8-15(2)7-9/h9-10H,3-8H2,1-2H3. The Hall–Kier alpha value is -0.970. The van der Waals surface area contributed by atoms with E-state index in [0.29, 0.717) is 24.4 Å². The molecule has 0 saturated carbocycles. The molecule has 5 heteroatoms. The minimum absolute atomic E-state index is 0.235. The van der Waals surface area contributed by atoms with Gasteiger partial charge in [0.05, 0.1) is 0 Å². The van der Waals surface area contributed by atoms with Crippen LogP contribution in [-0.2, 0) is 4.79 Å². The van der Waals surface area contributed by atoms with Crippen LogP contribution >= 0.6 is 0 Å². The monoisotopic (exact) mass is 236 g/mol. The van der Waals surface area contributed by atoms with E-state index in [1.54, 1.807) is 0 Å². The van der Waals surface area contributed by atoms with E-state index in [2.05, 4.69) is 27.1 Å². The molecule has 94 valence electrons. The largest absolute Gasteiger partial charge is 0.334 e. The van der Waals surface area contributed by atoms with Crippen molar-refractivity contribution in [3.63, 3.8) is 0 Å². The lowest BCUT2D eigenvalue weighted by Gasteiger charge is -2.39. The number of carbonyl (C=O) groups is 1. The van der Waals surface area contributed by atoms with Gasteiger partial charge in [-0.15, -0.1) is 0 Å². The molecule has 2 bridgehead atoms. The third-order valence-corrected chi connectivity index (χ3v) is 4.21. The van der Waals surface area contributed by atoms with Crippen LogP contribution in [0.4, 0.5) is 0 Å². The minimum Gasteiger partial charge on any atom is -0.334 e. The Morgan fingerprint density at radius 1 is 1.29 bits per heavy atom. The zero-order chi connectivity index (χ0) is 12.0. The van der Waals surface area contributed by atoms with Crippen molar-refractivity contribution in [1.29, 1.82) is 0 Å². The Morgan fingerprint density at radius 2 is 1.88 bits per heavy atom. The molecule has 0 radical (unpaired) electrons. The first-order valence-corrected chi connectivity index (χ1v) is 6.51. The quantitative estimate of drug-likeness (QED) is 0.740. The van der Waals surface area contributed by atoms with Crippen LogP contribution in [0, 0.1) is 0 Å². The summed E-state index contributed by atoms with van der Waals surface area (Å²) in [4.78, 5) is 16.8. The third-order valence-electron chi connectivity index (χ3n) is 4.21. The number of hydrogen-bond acceptors (Lipinski definition) is 4. The molecule has 0 spiro atoms. The zero-order valence-corrected chi connectivity index (χ0v) is 10.6. The smallest absolute Gasteiger partial charge is 0.223 e. The second kappa shape index (κ2) is 3.77. The number of likely N-dealkylation sites (N-methyl/N-ethyl adjacent to an activating group) is 1. The molecule has 3 aliphatic heterocycles. The molecule has 3 aliphatic rings. The number of hydrogen-bond donors (Lipinski definition) is 0. The molecular weight excluding hydrogens is 216 g/mol. The zero-order valence-electron chi connectivity index (χ0n) is 10.6. The van der Waals surface area contributed by atoms with Crippen LogP contribution in [0.5, 0.6) is 0 Å². The van der Waals surface area contributed by atoms with Crippen LogP contribution < -0.4 is 0 Å². The van der Waals surface area contributed by atoms with Crippen molar-refractivity contribution in [3.05, 3.63) is 0 Å². The number of carbonyl (C=O) groups excluding carboxylic acids is 1. The molecule has 5 nitrogen and oxygen atoms in total. The van der Waals surface area contributed by atoms with Crippen molar-refractivity contribution in [2.24, 2.45) is 10.2 Å². The predicted molar refractivity (Wildman–Crippen MR) is 63.6 cm³/mol. The molecule has 2 saturated heterocycles. The van der Waals surface area contributed by atoms with Crippen molar-refractivity contribution >= 4 is 5.91 Å². The molecular formula is C12H20N4O. The molecule has 2 atom stereocenters. The average molecular weight is 236 g/mol. The Morgan fingerprint density at radius 3 is 2.41 bits per heavy atom. The highest BCUT2D eigenvalue weighted by Crippen LogP contribution is 2.34. The maximum atomic E-state index is 12.3. The van der Waals surface area contributed by atoms with Crippen molar-refractivity contribution in [2.45, 2.75) is 50.4 Å². The summed E-state index contributed by atoms with van der Waals surface area (Å²) in [6.07, 6.45) is 3.72. The topological polar surface area (TPSA) is 48.3 Å². The SMILES string of the molecule is CN1CC2CCC(C1)N2C(=O)CCC1(C)N=N1. The fourth-order valence-electron chi connectivity index (χ4n) is 3.18. The molecule has 0 N–H and O–H groups in total. The number of piperazine rings is 1. The number of amides is 1. The normalized spacial score (nSPS) is 34.1. The summed E-state index contributed by atoms with van der Waals surface area (Å²) in [6.45, 7) is 4.06. The summed E-state index contributed by atoms with van der Waals surface area (Å²) in [7, 11) is 2.15. The van der Waals surface area contributed by atoms with Gasteiger partial charge >= 0.3 is 0 Å². The van der Waals surface area contributed by atoms with E-state index < -0.39 is 0 Å². The summed E-state index contributed by atoms with van der Waals surface area (Å²) >= 11 is 0. The van der Waals surface area contributed by atoms with Gasteiger partial charge in [-0.25, -0.2) is 0 Å². The number of rotatable bonds is 3. The summed E-state index contributed by atoms with van der Waals surface area (Å²) in [5.41, 5.74) is -0.235. The van der Waals surface area contributed by atoms with Gasteiger partial charge in [0.25, 0.3) is 0 Å². The van der Waals surface area contributed by atoms with E-state index in [-0.39, 0.29) is 5.66 Å². The first-order valence-electron chi connectivity index (χ1n) is 6.51. The van der Waals surface area contributed by atoms with Gasteiger partial charge in [0.1, 0.15) is 0 Å². The van der Waals surface area contributed by atoms with E-state index in [1.807, 2.05) is 6.92 Å². The average Bonchev–Trinajstić information content (AvgIpc) is 2.95. The maximum absolute atomic E-state index is 12.3. The number of fused-ring (bicyclic) bond motifs is 2. The molecule has 3 heterocycles. The van der Waals surface area contributed by atoms with E-state index in [0.717, 1.165) is 19.5 Å². The molecule has 1 amide bonds. The molecule has 3 rings (SSSR count). The fraction of sp³-hybridized carbons (Fsp3) is 0.917. The lowest BCUT2D eigenvalue weighted by molar-refractivity contribution is -0.136.